The first-order valence-corrected chi connectivity index (χ1v) is 10.8. The summed E-state index contributed by atoms with van der Waals surface area (Å²) >= 11 is 0. The van der Waals surface area contributed by atoms with Gasteiger partial charge in [-0.1, -0.05) is 24.3 Å². The van der Waals surface area contributed by atoms with Crippen molar-refractivity contribution in [2.24, 2.45) is 5.10 Å². The van der Waals surface area contributed by atoms with E-state index in [4.69, 9.17) is 0 Å². The zero-order chi connectivity index (χ0) is 20.9. The van der Waals surface area contributed by atoms with E-state index >= 15 is 0 Å². The summed E-state index contributed by atoms with van der Waals surface area (Å²) in [7, 11) is -3.78. The van der Waals surface area contributed by atoms with Crippen LogP contribution in [-0.2, 0) is 14.8 Å². The number of sulfonamides is 1. The second-order valence-electron chi connectivity index (χ2n) is 6.73. The molecule has 7 nitrogen and oxygen atoms in total. The summed E-state index contributed by atoms with van der Waals surface area (Å²) in [6.07, 6.45) is 2.11. The van der Waals surface area contributed by atoms with Crippen molar-refractivity contribution in [3.63, 3.8) is 0 Å². The van der Waals surface area contributed by atoms with Crippen molar-refractivity contribution in [3.8, 4) is 0 Å². The van der Waals surface area contributed by atoms with Crippen molar-refractivity contribution in [1.82, 2.24) is 10.1 Å². The van der Waals surface area contributed by atoms with Gasteiger partial charge in [-0.05, 0) is 44.0 Å². The molecule has 29 heavy (non-hydrogen) atoms. The van der Waals surface area contributed by atoms with Crippen LogP contribution in [0.2, 0.25) is 0 Å². The quantitative estimate of drug-likeness (QED) is 0.533. The fourth-order valence-corrected chi connectivity index (χ4v) is 4.04. The molecule has 0 atom stereocenters. The molecular formula is C20H23FN4O3S. The van der Waals surface area contributed by atoms with E-state index in [0.717, 1.165) is 25.9 Å². The Balaban J connectivity index is 1.58. The highest BCUT2D eigenvalue weighted by Crippen LogP contribution is 2.24. The highest BCUT2D eigenvalue weighted by Gasteiger charge is 2.17. The minimum atomic E-state index is -3.78. The van der Waals surface area contributed by atoms with Gasteiger partial charge in [-0.2, -0.15) is 5.10 Å². The number of anilines is 1. The number of rotatable bonds is 7. The third-order valence-corrected chi connectivity index (χ3v) is 6.05. The average Bonchev–Trinajstić information content (AvgIpc) is 3.25. The summed E-state index contributed by atoms with van der Waals surface area (Å²) in [5.74, 6) is -0.959. The molecule has 1 aliphatic heterocycles. The second-order valence-corrected chi connectivity index (χ2v) is 8.50. The predicted molar refractivity (Wildman–Crippen MR) is 110 cm³/mol. The number of halogens is 1. The smallest absolute Gasteiger partial charge is 0.255 e. The largest absolute Gasteiger partial charge is 0.369 e. The van der Waals surface area contributed by atoms with Gasteiger partial charge in [0, 0.05) is 18.7 Å². The Bertz CT molecular complexity index is 1000. The van der Waals surface area contributed by atoms with Crippen LogP contribution in [-0.4, -0.2) is 39.7 Å². The number of nitrogens with zero attached hydrogens (tertiary/aromatic N) is 2. The van der Waals surface area contributed by atoms with Crippen molar-refractivity contribution >= 4 is 27.3 Å². The van der Waals surface area contributed by atoms with Crippen LogP contribution in [0.1, 0.15) is 25.3 Å². The highest BCUT2D eigenvalue weighted by molar-refractivity contribution is 7.89. The van der Waals surface area contributed by atoms with Crippen LogP contribution in [0.15, 0.2) is 58.5 Å². The van der Waals surface area contributed by atoms with Crippen LogP contribution in [0.3, 0.4) is 0 Å². The van der Waals surface area contributed by atoms with Crippen LogP contribution >= 0.6 is 0 Å². The maximum absolute atomic E-state index is 14.4. The SMILES string of the molecule is C/C(=N/NC(=O)CNS(=O)(=O)c1ccccc1)c1ccc(N2CCCC2)c(F)c1. The molecule has 2 aromatic carbocycles. The molecule has 0 unspecified atom stereocenters. The molecule has 1 saturated heterocycles. The Morgan fingerprint density at radius 2 is 1.83 bits per heavy atom. The maximum atomic E-state index is 14.4. The molecule has 1 heterocycles. The molecule has 3 rings (SSSR count). The zero-order valence-electron chi connectivity index (χ0n) is 16.1. The first-order chi connectivity index (χ1) is 13.9. The van der Waals surface area contributed by atoms with Crippen LogP contribution in [0.5, 0.6) is 0 Å². The van der Waals surface area contributed by atoms with Gasteiger partial charge >= 0.3 is 0 Å². The average molecular weight is 418 g/mol. The van der Waals surface area contributed by atoms with Gasteiger partial charge in [0.1, 0.15) is 5.82 Å². The number of hydrogen-bond acceptors (Lipinski definition) is 5. The summed E-state index contributed by atoms with van der Waals surface area (Å²) in [5, 5.41) is 3.94. The second kappa shape index (κ2) is 9.15. The van der Waals surface area contributed by atoms with E-state index in [2.05, 4.69) is 15.2 Å². The molecule has 0 saturated carbocycles. The van der Waals surface area contributed by atoms with Gasteiger partial charge in [0.05, 0.1) is 22.8 Å². The normalized spacial score (nSPS) is 14.8. The van der Waals surface area contributed by atoms with E-state index in [1.54, 1.807) is 37.3 Å². The number of hydrogen-bond donors (Lipinski definition) is 2. The van der Waals surface area contributed by atoms with Crippen molar-refractivity contribution in [2.75, 3.05) is 24.5 Å². The Labute approximate surface area is 169 Å². The van der Waals surface area contributed by atoms with Gasteiger partial charge in [0.15, 0.2) is 0 Å². The van der Waals surface area contributed by atoms with Crippen LogP contribution in [0.4, 0.5) is 10.1 Å². The lowest BCUT2D eigenvalue weighted by Gasteiger charge is -2.18. The lowest BCUT2D eigenvalue weighted by molar-refractivity contribution is -0.119. The van der Waals surface area contributed by atoms with E-state index in [9.17, 15) is 17.6 Å². The number of carbonyl (C=O) groups excluding carboxylic acids is 1. The third-order valence-electron chi connectivity index (χ3n) is 4.64. The molecule has 1 aliphatic rings. The monoisotopic (exact) mass is 418 g/mol. The molecule has 2 aromatic rings. The standard InChI is InChI=1S/C20H23FN4O3S/c1-15(16-9-10-19(18(21)13-16)25-11-5-6-12-25)23-24-20(26)14-22-29(27,28)17-7-3-2-4-8-17/h2-4,7-10,13,22H,5-6,11-12,14H2,1H3,(H,24,26)/b23-15-. The zero-order valence-corrected chi connectivity index (χ0v) is 16.9. The summed E-state index contributed by atoms with van der Waals surface area (Å²) in [6.45, 7) is 2.87. The highest BCUT2D eigenvalue weighted by atomic mass is 32.2. The number of benzene rings is 2. The molecule has 0 bridgehead atoms. The summed E-state index contributed by atoms with van der Waals surface area (Å²) in [5.41, 5.74) is 3.80. The van der Waals surface area contributed by atoms with E-state index < -0.39 is 22.5 Å². The molecule has 1 fully saturated rings. The van der Waals surface area contributed by atoms with Gasteiger partial charge in [0.25, 0.3) is 5.91 Å². The molecular weight excluding hydrogens is 395 g/mol. The van der Waals surface area contributed by atoms with E-state index in [1.807, 2.05) is 4.90 Å². The Hall–Kier alpha value is -2.78. The predicted octanol–water partition coefficient (Wildman–Crippen LogP) is 2.24. The summed E-state index contributed by atoms with van der Waals surface area (Å²) < 4.78 is 40.8. The van der Waals surface area contributed by atoms with Crippen LogP contribution < -0.4 is 15.0 Å². The topological polar surface area (TPSA) is 90.9 Å². The molecule has 0 radical (unpaired) electrons. The molecule has 9 heteroatoms. The first-order valence-electron chi connectivity index (χ1n) is 9.29. The maximum Gasteiger partial charge on any atom is 0.255 e. The Kier molecular flexibility index (Phi) is 6.60. The fraction of sp³-hybridized carbons (Fsp3) is 0.300. The van der Waals surface area contributed by atoms with E-state index in [1.165, 1.54) is 18.2 Å². The minimum absolute atomic E-state index is 0.0704. The van der Waals surface area contributed by atoms with Crippen LogP contribution in [0.25, 0.3) is 0 Å². The number of hydrazone groups is 1. The summed E-state index contributed by atoms with van der Waals surface area (Å²) in [4.78, 5) is 14.0. The van der Waals surface area contributed by atoms with Crippen molar-refractivity contribution < 1.29 is 17.6 Å². The van der Waals surface area contributed by atoms with Crippen LogP contribution in [0, 0.1) is 5.82 Å². The Morgan fingerprint density at radius 1 is 1.14 bits per heavy atom. The Morgan fingerprint density at radius 3 is 2.48 bits per heavy atom. The van der Waals surface area contributed by atoms with Gasteiger partial charge in [-0.3, -0.25) is 4.79 Å². The number of amides is 1. The van der Waals surface area contributed by atoms with Crippen molar-refractivity contribution in [3.05, 3.63) is 59.9 Å². The molecule has 0 aliphatic carbocycles. The van der Waals surface area contributed by atoms with Crippen molar-refractivity contribution in [2.45, 2.75) is 24.7 Å². The number of carbonyl (C=O) groups is 1. The molecule has 154 valence electrons. The molecule has 2 N–H and O–H groups in total. The number of nitrogens with one attached hydrogen (secondary N) is 2. The van der Waals surface area contributed by atoms with Gasteiger partial charge in [-0.15, -0.1) is 0 Å². The fourth-order valence-electron chi connectivity index (χ4n) is 3.04. The van der Waals surface area contributed by atoms with Gasteiger partial charge in [0.2, 0.25) is 10.0 Å². The van der Waals surface area contributed by atoms with Gasteiger partial charge < -0.3 is 4.90 Å². The van der Waals surface area contributed by atoms with Gasteiger partial charge in [-0.25, -0.2) is 23.0 Å². The molecule has 0 spiro atoms. The van der Waals surface area contributed by atoms with Crippen molar-refractivity contribution in [1.29, 1.82) is 0 Å². The summed E-state index contributed by atoms with van der Waals surface area (Å²) in [6, 6.07) is 12.6. The van der Waals surface area contributed by atoms with E-state index in [-0.39, 0.29) is 10.7 Å². The lowest BCUT2D eigenvalue weighted by atomic mass is 10.1. The molecule has 0 aromatic heterocycles. The van der Waals surface area contributed by atoms with E-state index in [0.29, 0.717) is 17.0 Å². The third kappa shape index (κ3) is 5.39. The minimum Gasteiger partial charge on any atom is -0.369 e. The first kappa shape index (κ1) is 20.9. The lowest BCUT2D eigenvalue weighted by Crippen LogP contribution is -2.35. The molecule has 1 amide bonds.